The summed E-state index contributed by atoms with van der Waals surface area (Å²) in [5.74, 6) is 4.05. The first kappa shape index (κ1) is 12.8. The lowest BCUT2D eigenvalue weighted by Gasteiger charge is -2.57. The minimum Gasteiger partial charge on any atom is -0.310 e. The molecule has 1 N–H and O–H groups in total. The van der Waals surface area contributed by atoms with Gasteiger partial charge in [0.1, 0.15) is 5.82 Å². The van der Waals surface area contributed by atoms with Crippen LogP contribution in [-0.2, 0) is 0 Å². The van der Waals surface area contributed by atoms with Gasteiger partial charge in [0, 0.05) is 12.4 Å². The van der Waals surface area contributed by atoms with Crippen LogP contribution in [0.15, 0.2) is 18.5 Å². The highest BCUT2D eigenvalue weighted by atomic mass is 15.0. The van der Waals surface area contributed by atoms with Crippen molar-refractivity contribution in [2.75, 3.05) is 7.05 Å². The van der Waals surface area contributed by atoms with Gasteiger partial charge in [-0.3, -0.25) is 0 Å². The van der Waals surface area contributed by atoms with E-state index in [1.165, 1.54) is 44.9 Å². The van der Waals surface area contributed by atoms with E-state index in [0.29, 0.717) is 11.5 Å². The van der Waals surface area contributed by atoms with Gasteiger partial charge >= 0.3 is 0 Å². The van der Waals surface area contributed by atoms with Gasteiger partial charge in [0.25, 0.3) is 0 Å². The van der Waals surface area contributed by atoms with Crippen LogP contribution in [0.3, 0.4) is 0 Å². The zero-order valence-corrected chi connectivity index (χ0v) is 12.4. The highest BCUT2D eigenvalue weighted by Crippen LogP contribution is 2.62. The Hall–Kier alpha value is -0.960. The predicted octanol–water partition coefficient (Wildman–Crippen LogP) is 3.34. The minimum atomic E-state index is 0.326. The van der Waals surface area contributed by atoms with Crippen molar-refractivity contribution in [3.8, 4) is 0 Å². The molecule has 4 bridgehead atoms. The van der Waals surface area contributed by atoms with Crippen molar-refractivity contribution < 1.29 is 0 Å². The summed E-state index contributed by atoms with van der Waals surface area (Å²) >= 11 is 0. The maximum atomic E-state index is 4.47. The maximum absolute atomic E-state index is 4.47. The molecule has 5 rings (SSSR count). The Bertz CT molecular complexity index is 435. The number of hydrogen-bond acceptors (Lipinski definition) is 3. The smallest absolute Gasteiger partial charge is 0.145 e. The number of aromatic nitrogens is 2. The lowest BCUT2D eigenvalue weighted by atomic mass is 9.48. The van der Waals surface area contributed by atoms with Crippen LogP contribution in [-0.4, -0.2) is 17.0 Å². The molecule has 4 fully saturated rings. The highest BCUT2D eigenvalue weighted by Gasteiger charge is 2.51. The lowest BCUT2D eigenvalue weighted by Crippen LogP contribution is -2.47. The summed E-state index contributed by atoms with van der Waals surface area (Å²) in [4.78, 5) is 8.95. The number of nitrogens with one attached hydrogen (secondary N) is 1. The molecule has 108 valence electrons. The van der Waals surface area contributed by atoms with Gasteiger partial charge in [0.05, 0.1) is 6.04 Å². The summed E-state index contributed by atoms with van der Waals surface area (Å²) < 4.78 is 0. The zero-order valence-electron chi connectivity index (χ0n) is 12.4. The zero-order chi connectivity index (χ0) is 13.6. The molecule has 0 radical (unpaired) electrons. The van der Waals surface area contributed by atoms with Gasteiger partial charge in [-0.25, -0.2) is 9.97 Å². The molecule has 4 aliphatic rings. The molecule has 4 saturated carbocycles. The van der Waals surface area contributed by atoms with Crippen molar-refractivity contribution >= 4 is 0 Å². The van der Waals surface area contributed by atoms with E-state index in [4.69, 9.17) is 0 Å². The third kappa shape index (κ3) is 2.16. The monoisotopic (exact) mass is 271 g/mol. The van der Waals surface area contributed by atoms with Crippen LogP contribution < -0.4 is 5.32 Å². The van der Waals surface area contributed by atoms with Crippen molar-refractivity contribution in [3.05, 3.63) is 24.3 Å². The van der Waals surface area contributed by atoms with Crippen molar-refractivity contribution in [3.63, 3.8) is 0 Å². The van der Waals surface area contributed by atoms with Crippen molar-refractivity contribution in [2.24, 2.45) is 23.2 Å². The summed E-state index contributed by atoms with van der Waals surface area (Å²) in [5, 5.41) is 3.47. The SMILES string of the molecule is CNC(CC12CC3CC(CC(C3)C1)C2)c1ncccn1. The average molecular weight is 271 g/mol. The maximum Gasteiger partial charge on any atom is 0.145 e. The van der Waals surface area contributed by atoms with E-state index in [-0.39, 0.29) is 0 Å². The summed E-state index contributed by atoms with van der Waals surface area (Å²) in [5.41, 5.74) is 0.585. The molecule has 0 amide bonds. The first-order chi connectivity index (χ1) is 9.76. The summed E-state index contributed by atoms with van der Waals surface area (Å²) in [6, 6.07) is 2.23. The topological polar surface area (TPSA) is 37.8 Å². The van der Waals surface area contributed by atoms with Crippen molar-refractivity contribution in [1.82, 2.24) is 15.3 Å². The molecule has 1 unspecified atom stereocenters. The first-order valence-electron chi connectivity index (χ1n) is 8.20. The minimum absolute atomic E-state index is 0.326. The Morgan fingerprint density at radius 3 is 2.15 bits per heavy atom. The van der Waals surface area contributed by atoms with Crippen molar-refractivity contribution in [2.45, 2.75) is 51.0 Å². The fourth-order valence-electron chi connectivity index (χ4n) is 5.79. The fraction of sp³-hybridized carbons (Fsp3) is 0.765. The van der Waals surface area contributed by atoms with E-state index >= 15 is 0 Å². The molecular weight excluding hydrogens is 246 g/mol. The molecule has 0 aliphatic heterocycles. The second kappa shape index (κ2) is 4.80. The molecule has 0 aromatic carbocycles. The van der Waals surface area contributed by atoms with E-state index < -0.39 is 0 Å². The van der Waals surface area contributed by atoms with Crippen LogP contribution in [0.1, 0.15) is 56.8 Å². The molecule has 1 aromatic rings. The Morgan fingerprint density at radius 2 is 1.65 bits per heavy atom. The van der Waals surface area contributed by atoms with Crippen LogP contribution in [0.2, 0.25) is 0 Å². The fourth-order valence-corrected chi connectivity index (χ4v) is 5.79. The first-order valence-corrected chi connectivity index (χ1v) is 8.20. The molecule has 1 atom stereocenters. The molecule has 0 spiro atoms. The van der Waals surface area contributed by atoms with E-state index in [1.807, 2.05) is 18.5 Å². The highest BCUT2D eigenvalue weighted by molar-refractivity contribution is 5.05. The number of nitrogens with zero attached hydrogens (tertiary/aromatic N) is 2. The van der Waals surface area contributed by atoms with E-state index in [2.05, 4.69) is 22.3 Å². The van der Waals surface area contributed by atoms with Crippen LogP contribution in [0.4, 0.5) is 0 Å². The van der Waals surface area contributed by atoms with E-state index in [9.17, 15) is 0 Å². The Balaban J connectivity index is 1.55. The Morgan fingerprint density at radius 1 is 1.10 bits per heavy atom. The average Bonchev–Trinajstić information content (AvgIpc) is 2.44. The molecule has 0 saturated heterocycles. The van der Waals surface area contributed by atoms with Crippen LogP contribution in [0.25, 0.3) is 0 Å². The third-order valence-electron chi connectivity index (χ3n) is 6.05. The molecule has 20 heavy (non-hydrogen) atoms. The Kier molecular flexibility index (Phi) is 3.06. The van der Waals surface area contributed by atoms with Gasteiger partial charge in [-0.05, 0) is 81.2 Å². The second-order valence-corrected chi connectivity index (χ2v) is 7.57. The number of rotatable bonds is 4. The summed E-state index contributed by atoms with van der Waals surface area (Å²) in [6.45, 7) is 0. The third-order valence-corrected chi connectivity index (χ3v) is 6.05. The quantitative estimate of drug-likeness (QED) is 0.912. The van der Waals surface area contributed by atoms with Gasteiger partial charge in [0.2, 0.25) is 0 Å². The largest absolute Gasteiger partial charge is 0.310 e. The molecule has 1 aromatic heterocycles. The van der Waals surface area contributed by atoms with Crippen LogP contribution in [0, 0.1) is 23.2 Å². The predicted molar refractivity (Wildman–Crippen MR) is 79.1 cm³/mol. The van der Waals surface area contributed by atoms with Crippen molar-refractivity contribution in [1.29, 1.82) is 0 Å². The number of hydrogen-bond donors (Lipinski definition) is 1. The standard InChI is InChI=1S/C17H25N3/c1-18-15(16-19-3-2-4-20-16)11-17-8-12-5-13(9-17)7-14(6-12)10-17/h2-4,12-15,18H,5-11H2,1H3. The second-order valence-electron chi connectivity index (χ2n) is 7.57. The summed E-state index contributed by atoms with van der Waals surface area (Å²) in [6.07, 6.45) is 13.9. The molecule has 1 heterocycles. The van der Waals surface area contributed by atoms with Gasteiger partial charge in [-0.2, -0.15) is 0 Å². The van der Waals surface area contributed by atoms with Gasteiger partial charge < -0.3 is 5.32 Å². The Labute approximate surface area is 121 Å². The molecule has 3 heteroatoms. The normalized spacial score (nSPS) is 40.0. The molecular formula is C17H25N3. The van der Waals surface area contributed by atoms with E-state index in [0.717, 1.165) is 23.6 Å². The lowest BCUT2D eigenvalue weighted by molar-refractivity contribution is -0.0623. The van der Waals surface area contributed by atoms with Crippen LogP contribution >= 0.6 is 0 Å². The van der Waals surface area contributed by atoms with Gasteiger partial charge in [-0.15, -0.1) is 0 Å². The van der Waals surface area contributed by atoms with E-state index in [1.54, 1.807) is 0 Å². The molecule has 4 aliphatic carbocycles. The summed E-state index contributed by atoms with van der Waals surface area (Å²) in [7, 11) is 2.06. The van der Waals surface area contributed by atoms with Gasteiger partial charge in [0.15, 0.2) is 0 Å². The molecule has 3 nitrogen and oxygen atoms in total. The van der Waals surface area contributed by atoms with Crippen LogP contribution in [0.5, 0.6) is 0 Å². The van der Waals surface area contributed by atoms with Gasteiger partial charge in [-0.1, -0.05) is 0 Å².